The van der Waals surface area contributed by atoms with Crippen LogP contribution in [0, 0.1) is 0 Å². The Kier molecular flexibility index (Phi) is 5.49. The zero-order chi connectivity index (χ0) is 19.4. The van der Waals surface area contributed by atoms with Crippen LogP contribution in [0.1, 0.15) is 26.3 Å². The molecule has 1 heterocycles. The van der Waals surface area contributed by atoms with Crippen molar-refractivity contribution in [2.45, 2.75) is 6.42 Å². The molecule has 2 aromatic carbocycles. The highest BCUT2D eigenvalue weighted by molar-refractivity contribution is 6.00. The molecule has 142 valence electrons. The standard InChI is InChI=1S/C20H20O7/c1-23-17-7-5-14(18(24-2)19(17)25-3)20(22)27-11-15(21)12-4-6-16-13(10-12)8-9-26-16/h4-7,10H,8-9,11H2,1-3H3. The van der Waals surface area contributed by atoms with E-state index in [1.54, 1.807) is 24.3 Å². The monoisotopic (exact) mass is 372 g/mol. The second-order valence-electron chi connectivity index (χ2n) is 5.80. The maximum Gasteiger partial charge on any atom is 0.342 e. The van der Waals surface area contributed by atoms with E-state index in [2.05, 4.69) is 0 Å². The van der Waals surface area contributed by atoms with E-state index >= 15 is 0 Å². The van der Waals surface area contributed by atoms with Gasteiger partial charge in [-0.3, -0.25) is 4.79 Å². The largest absolute Gasteiger partial charge is 0.493 e. The normalized spacial score (nSPS) is 12.0. The number of carbonyl (C=O) groups is 2. The molecule has 0 saturated heterocycles. The molecule has 0 spiro atoms. The van der Waals surface area contributed by atoms with E-state index in [9.17, 15) is 9.59 Å². The minimum absolute atomic E-state index is 0.144. The van der Waals surface area contributed by atoms with Gasteiger partial charge in [-0.1, -0.05) is 0 Å². The van der Waals surface area contributed by atoms with Crippen LogP contribution in [0.3, 0.4) is 0 Å². The second-order valence-corrected chi connectivity index (χ2v) is 5.80. The molecule has 0 aliphatic carbocycles. The molecule has 0 unspecified atom stereocenters. The highest BCUT2D eigenvalue weighted by Crippen LogP contribution is 2.40. The molecular formula is C20H20O7. The van der Waals surface area contributed by atoms with E-state index in [1.165, 1.54) is 27.4 Å². The van der Waals surface area contributed by atoms with Crippen molar-refractivity contribution in [1.82, 2.24) is 0 Å². The number of Topliss-reactive ketones (excluding diaryl/α,β-unsaturated/α-hetero) is 1. The maximum atomic E-state index is 12.4. The first-order valence-electron chi connectivity index (χ1n) is 8.34. The molecule has 0 fully saturated rings. The van der Waals surface area contributed by atoms with Crippen molar-refractivity contribution in [2.24, 2.45) is 0 Å². The van der Waals surface area contributed by atoms with Crippen molar-refractivity contribution < 1.29 is 33.3 Å². The molecule has 7 nitrogen and oxygen atoms in total. The number of esters is 1. The molecule has 0 aromatic heterocycles. The summed E-state index contributed by atoms with van der Waals surface area (Å²) in [4.78, 5) is 24.8. The van der Waals surface area contributed by atoms with Gasteiger partial charge in [0.05, 0.1) is 27.9 Å². The lowest BCUT2D eigenvalue weighted by Crippen LogP contribution is -2.15. The van der Waals surface area contributed by atoms with E-state index in [4.69, 9.17) is 23.7 Å². The highest BCUT2D eigenvalue weighted by Gasteiger charge is 2.23. The lowest BCUT2D eigenvalue weighted by atomic mass is 10.1. The molecule has 0 saturated carbocycles. The molecule has 0 amide bonds. The highest BCUT2D eigenvalue weighted by atomic mass is 16.5. The number of benzene rings is 2. The Balaban J connectivity index is 1.73. The van der Waals surface area contributed by atoms with Gasteiger partial charge in [-0.05, 0) is 35.9 Å². The van der Waals surface area contributed by atoms with Crippen LogP contribution < -0.4 is 18.9 Å². The first-order chi connectivity index (χ1) is 13.1. The third kappa shape index (κ3) is 3.67. The molecule has 1 aliphatic rings. The van der Waals surface area contributed by atoms with E-state index in [-0.39, 0.29) is 29.5 Å². The molecule has 3 rings (SSSR count). The predicted molar refractivity (Wildman–Crippen MR) is 96.4 cm³/mol. The lowest BCUT2D eigenvalue weighted by Gasteiger charge is -2.15. The van der Waals surface area contributed by atoms with Crippen molar-refractivity contribution in [1.29, 1.82) is 0 Å². The van der Waals surface area contributed by atoms with Gasteiger partial charge in [0.25, 0.3) is 0 Å². The van der Waals surface area contributed by atoms with Gasteiger partial charge >= 0.3 is 5.97 Å². The smallest absolute Gasteiger partial charge is 0.342 e. The van der Waals surface area contributed by atoms with Gasteiger partial charge in [-0.2, -0.15) is 0 Å². The van der Waals surface area contributed by atoms with Gasteiger partial charge in [0.1, 0.15) is 11.3 Å². The summed E-state index contributed by atoms with van der Waals surface area (Å²) in [5, 5.41) is 0. The van der Waals surface area contributed by atoms with Crippen molar-refractivity contribution >= 4 is 11.8 Å². The fraction of sp³-hybridized carbons (Fsp3) is 0.300. The average Bonchev–Trinajstić information content (AvgIpc) is 3.18. The van der Waals surface area contributed by atoms with Crippen LogP contribution in [0.2, 0.25) is 0 Å². The van der Waals surface area contributed by atoms with E-state index < -0.39 is 5.97 Å². The van der Waals surface area contributed by atoms with Crippen LogP contribution in [-0.2, 0) is 11.2 Å². The van der Waals surface area contributed by atoms with Gasteiger partial charge in [0.15, 0.2) is 23.9 Å². The fourth-order valence-electron chi connectivity index (χ4n) is 2.91. The SMILES string of the molecule is COc1ccc(C(=O)OCC(=O)c2ccc3c(c2)CCO3)c(OC)c1OC. The van der Waals surface area contributed by atoms with Gasteiger partial charge in [-0.25, -0.2) is 4.79 Å². The third-order valence-electron chi connectivity index (χ3n) is 4.27. The Hall–Kier alpha value is -3.22. The first kappa shape index (κ1) is 18.6. The van der Waals surface area contributed by atoms with E-state index in [0.717, 1.165) is 17.7 Å². The van der Waals surface area contributed by atoms with Gasteiger partial charge in [0.2, 0.25) is 5.75 Å². The lowest BCUT2D eigenvalue weighted by molar-refractivity contribution is 0.0471. The number of ketones is 1. The van der Waals surface area contributed by atoms with Crippen LogP contribution in [0.4, 0.5) is 0 Å². The number of hydrogen-bond donors (Lipinski definition) is 0. The zero-order valence-electron chi connectivity index (χ0n) is 15.4. The Morgan fingerprint density at radius 2 is 1.78 bits per heavy atom. The topological polar surface area (TPSA) is 80.3 Å². The van der Waals surface area contributed by atoms with Crippen molar-refractivity contribution in [3.8, 4) is 23.0 Å². The predicted octanol–water partition coefficient (Wildman–Crippen LogP) is 2.69. The molecule has 27 heavy (non-hydrogen) atoms. The molecule has 1 aliphatic heterocycles. The van der Waals surface area contributed by atoms with Crippen LogP contribution >= 0.6 is 0 Å². The van der Waals surface area contributed by atoms with Gasteiger partial charge in [-0.15, -0.1) is 0 Å². The van der Waals surface area contributed by atoms with Gasteiger partial charge in [0, 0.05) is 12.0 Å². The summed E-state index contributed by atoms with van der Waals surface area (Å²) in [6.07, 6.45) is 0.763. The fourth-order valence-corrected chi connectivity index (χ4v) is 2.91. The quantitative estimate of drug-likeness (QED) is 0.546. The summed E-state index contributed by atoms with van der Waals surface area (Å²) in [7, 11) is 4.33. The Morgan fingerprint density at radius 3 is 2.48 bits per heavy atom. The zero-order valence-corrected chi connectivity index (χ0v) is 15.4. The van der Waals surface area contributed by atoms with Crippen molar-refractivity contribution in [2.75, 3.05) is 34.5 Å². The Labute approximate surface area is 156 Å². The second kappa shape index (κ2) is 7.99. The first-order valence-corrected chi connectivity index (χ1v) is 8.34. The maximum absolute atomic E-state index is 12.4. The molecular weight excluding hydrogens is 352 g/mol. The molecule has 0 bridgehead atoms. The third-order valence-corrected chi connectivity index (χ3v) is 4.27. The number of fused-ring (bicyclic) bond motifs is 1. The van der Waals surface area contributed by atoms with E-state index in [0.29, 0.717) is 17.9 Å². The minimum atomic E-state index is -0.689. The van der Waals surface area contributed by atoms with Crippen LogP contribution in [-0.4, -0.2) is 46.3 Å². The summed E-state index contributed by atoms with van der Waals surface area (Å²) < 4.78 is 26.3. The van der Waals surface area contributed by atoms with Crippen LogP contribution in [0.5, 0.6) is 23.0 Å². The Morgan fingerprint density at radius 1 is 1.00 bits per heavy atom. The van der Waals surface area contributed by atoms with Crippen LogP contribution in [0.15, 0.2) is 30.3 Å². The number of carbonyl (C=O) groups excluding carboxylic acids is 2. The number of ether oxygens (including phenoxy) is 5. The molecule has 2 aromatic rings. The summed E-state index contributed by atoms with van der Waals surface area (Å²) in [5.41, 5.74) is 1.60. The molecule has 0 atom stereocenters. The minimum Gasteiger partial charge on any atom is -0.493 e. The molecule has 0 N–H and O–H groups in total. The molecule has 7 heteroatoms. The summed E-state index contributed by atoms with van der Waals surface area (Å²) in [6.45, 7) is 0.233. The van der Waals surface area contributed by atoms with E-state index in [1.807, 2.05) is 0 Å². The molecule has 0 radical (unpaired) electrons. The number of hydrogen-bond acceptors (Lipinski definition) is 7. The summed E-state index contributed by atoms with van der Waals surface area (Å²) >= 11 is 0. The van der Waals surface area contributed by atoms with Gasteiger partial charge < -0.3 is 23.7 Å². The van der Waals surface area contributed by atoms with Crippen LogP contribution in [0.25, 0.3) is 0 Å². The van der Waals surface area contributed by atoms with Crippen molar-refractivity contribution in [3.63, 3.8) is 0 Å². The number of methoxy groups -OCH3 is 3. The summed E-state index contributed by atoms with van der Waals surface area (Å²) in [5.74, 6) is 0.687. The number of rotatable bonds is 7. The average molecular weight is 372 g/mol. The Bertz CT molecular complexity index is 873. The summed E-state index contributed by atoms with van der Waals surface area (Å²) in [6, 6.07) is 8.27. The van der Waals surface area contributed by atoms with Crippen molar-refractivity contribution in [3.05, 3.63) is 47.0 Å².